The Morgan fingerprint density at radius 3 is 3.05 bits per heavy atom. The lowest BCUT2D eigenvalue weighted by molar-refractivity contribution is -0.119. The van der Waals surface area contributed by atoms with Crippen LogP contribution in [0.3, 0.4) is 0 Å². The molecule has 1 unspecified atom stereocenters. The number of aromatic nitrogens is 2. The van der Waals surface area contributed by atoms with Crippen molar-refractivity contribution in [3.63, 3.8) is 0 Å². The van der Waals surface area contributed by atoms with E-state index in [1.54, 1.807) is 18.0 Å². The van der Waals surface area contributed by atoms with Crippen LogP contribution in [-0.4, -0.2) is 20.6 Å². The molecule has 1 atom stereocenters. The first-order valence-corrected chi connectivity index (χ1v) is 7.98. The highest BCUT2D eigenvalue weighted by Crippen LogP contribution is 2.32. The SMILES string of the molecule is O=C1CCCCC1Sc1nccn1-c1cccc(Cl)c1. The van der Waals surface area contributed by atoms with Gasteiger partial charge in [0.05, 0.1) is 5.25 Å². The van der Waals surface area contributed by atoms with E-state index in [0.29, 0.717) is 17.2 Å². The van der Waals surface area contributed by atoms with Crippen molar-refractivity contribution in [1.29, 1.82) is 0 Å². The van der Waals surface area contributed by atoms with Gasteiger partial charge >= 0.3 is 0 Å². The van der Waals surface area contributed by atoms with Crippen LogP contribution < -0.4 is 0 Å². The Hall–Kier alpha value is -1.26. The fourth-order valence-electron chi connectivity index (χ4n) is 2.40. The number of carbonyl (C=O) groups is 1. The number of nitrogens with zero attached hydrogens (tertiary/aromatic N) is 2. The Bertz CT molecular complexity index is 626. The van der Waals surface area contributed by atoms with Crippen molar-refractivity contribution in [2.45, 2.75) is 36.1 Å². The average molecular weight is 307 g/mol. The third-order valence-electron chi connectivity index (χ3n) is 3.44. The third kappa shape index (κ3) is 2.91. The third-order valence-corrected chi connectivity index (χ3v) is 4.97. The number of thioether (sulfide) groups is 1. The van der Waals surface area contributed by atoms with E-state index >= 15 is 0 Å². The maximum Gasteiger partial charge on any atom is 0.173 e. The summed E-state index contributed by atoms with van der Waals surface area (Å²) < 4.78 is 1.98. The highest BCUT2D eigenvalue weighted by Gasteiger charge is 2.24. The summed E-state index contributed by atoms with van der Waals surface area (Å²) in [4.78, 5) is 16.3. The summed E-state index contributed by atoms with van der Waals surface area (Å²) in [7, 11) is 0. The van der Waals surface area contributed by atoms with Gasteiger partial charge < -0.3 is 0 Å². The number of rotatable bonds is 3. The number of benzene rings is 1. The Morgan fingerprint density at radius 1 is 1.35 bits per heavy atom. The second-order valence-electron chi connectivity index (χ2n) is 4.88. The predicted molar refractivity (Wildman–Crippen MR) is 81.7 cm³/mol. The van der Waals surface area contributed by atoms with Gasteiger partial charge in [-0.3, -0.25) is 9.36 Å². The van der Waals surface area contributed by atoms with E-state index in [1.165, 1.54) is 0 Å². The van der Waals surface area contributed by atoms with Gasteiger partial charge in [0.2, 0.25) is 0 Å². The van der Waals surface area contributed by atoms with Gasteiger partial charge in [-0.25, -0.2) is 4.98 Å². The maximum atomic E-state index is 11.9. The fraction of sp³-hybridized carbons (Fsp3) is 0.333. The van der Waals surface area contributed by atoms with Gasteiger partial charge in [0.1, 0.15) is 5.78 Å². The van der Waals surface area contributed by atoms with Crippen LogP contribution in [0.5, 0.6) is 0 Å². The topological polar surface area (TPSA) is 34.9 Å². The maximum absolute atomic E-state index is 11.9. The van der Waals surface area contributed by atoms with Gasteiger partial charge in [0, 0.05) is 29.5 Å². The van der Waals surface area contributed by atoms with Crippen LogP contribution in [0.25, 0.3) is 5.69 Å². The van der Waals surface area contributed by atoms with Crippen LogP contribution in [0.1, 0.15) is 25.7 Å². The normalized spacial score (nSPS) is 19.2. The van der Waals surface area contributed by atoms with Crippen LogP contribution in [-0.2, 0) is 4.79 Å². The molecule has 1 aliphatic rings. The number of imidazole rings is 1. The van der Waals surface area contributed by atoms with Gasteiger partial charge in [0.15, 0.2) is 5.16 Å². The molecule has 1 aromatic heterocycles. The van der Waals surface area contributed by atoms with Crippen LogP contribution in [0.15, 0.2) is 41.8 Å². The molecule has 1 aliphatic carbocycles. The zero-order chi connectivity index (χ0) is 13.9. The molecule has 0 bridgehead atoms. The van der Waals surface area contributed by atoms with Crippen LogP contribution in [0.4, 0.5) is 0 Å². The highest BCUT2D eigenvalue weighted by molar-refractivity contribution is 8.00. The Morgan fingerprint density at radius 2 is 2.25 bits per heavy atom. The predicted octanol–water partition coefficient (Wildman–Crippen LogP) is 4.13. The quantitative estimate of drug-likeness (QED) is 0.855. The Kier molecular flexibility index (Phi) is 4.13. The molecule has 1 aromatic carbocycles. The van der Waals surface area contributed by atoms with Crippen molar-refractivity contribution in [3.8, 4) is 5.69 Å². The lowest BCUT2D eigenvalue weighted by Crippen LogP contribution is -2.21. The first-order valence-electron chi connectivity index (χ1n) is 6.73. The second kappa shape index (κ2) is 6.02. The van der Waals surface area contributed by atoms with Crippen molar-refractivity contribution < 1.29 is 4.79 Å². The molecule has 5 heteroatoms. The zero-order valence-corrected chi connectivity index (χ0v) is 12.5. The molecule has 104 valence electrons. The largest absolute Gasteiger partial charge is 0.298 e. The molecule has 0 radical (unpaired) electrons. The van der Waals surface area contributed by atoms with E-state index in [9.17, 15) is 4.79 Å². The van der Waals surface area contributed by atoms with Gasteiger partial charge in [-0.1, -0.05) is 35.9 Å². The van der Waals surface area contributed by atoms with E-state index in [-0.39, 0.29) is 5.25 Å². The Labute approximate surface area is 127 Å². The Balaban J connectivity index is 1.85. The molecule has 0 spiro atoms. The highest BCUT2D eigenvalue weighted by atomic mass is 35.5. The number of hydrogen-bond donors (Lipinski definition) is 0. The molecule has 0 N–H and O–H groups in total. The van der Waals surface area contributed by atoms with E-state index in [4.69, 9.17) is 11.6 Å². The summed E-state index contributed by atoms with van der Waals surface area (Å²) in [6, 6.07) is 7.65. The van der Waals surface area contributed by atoms with Crippen LogP contribution in [0.2, 0.25) is 5.02 Å². The van der Waals surface area contributed by atoms with Crippen molar-refractivity contribution in [3.05, 3.63) is 41.7 Å². The molecule has 1 saturated carbocycles. The lowest BCUT2D eigenvalue weighted by atomic mass is 9.99. The summed E-state index contributed by atoms with van der Waals surface area (Å²) in [6.45, 7) is 0. The van der Waals surface area contributed by atoms with Crippen LogP contribution >= 0.6 is 23.4 Å². The first-order chi connectivity index (χ1) is 9.74. The summed E-state index contributed by atoms with van der Waals surface area (Å²) >= 11 is 7.60. The molecular formula is C15H15ClN2OS. The van der Waals surface area contributed by atoms with Crippen molar-refractivity contribution in [2.24, 2.45) is 0 Å². The molecule has 0 aliphatic heterocycles. The summed E-state index contributed by atoms with van der Waals surface area (Å²) in [5, 5.41) is 1.59. The number of halogens is 1. The molecule has 20 heavy (non-hydrogen) atoms. The molecule has 0 saturated heterocycles. The number of ketones is 1. The summed E-state index contributed by atoms with van der Waals surface area (Å²) in [5.74, 6) is 0.349. The van der Waals surface area contributed by atoms with Crippen molar-refractivity contribution >= 4 is 29.1 Å². The van der Waals surface area contributed by atoms with E-state index in [2.05, 4.69) is 4.98 Å². The van der Waals surface area contributed by atoms with Crippen molar-refractivity contribution in [1.82, 2.24) is 9.55 Å². The zero-order valence-electron chi connectivity index (χ0n) is 11.0. The first kappa shape index (κ1) is 13.7. The van der Waals surface area contributed by atoms with Gasteiger partial charge in [-0.05, 0) is 31.0 Å². The van der Waals surface area contributed by atoms with Gasteiger partial charge in [-0.2, -0.15) is 0 Å². The standard InChI is InChI=1S/C15H15ClN2OS/c16-11-4-3-5-12(10-11)18-9-8-17-15(18)20-14-7-2-1-6-13(14)19/h3-5,8-10,14H,1-2,6-7H2. The van der Waals surface area contributed by atoms with E-state index in [0.717, 1.165) is 30.1 Å². The van der Waals surface area contributed by atoms with E-state index < -0.39 is 0 Å². The molecule has 1 fully saturated rings. The molecule has 2 aromatic rings. The lowest BCUT2D eigenvalue weighted by Gasteiger charge is -2.19. The van der Waals surface area contributed by atoms with Crippen molar-refractivity contribution in [2.75, 3.05) is 0 Å². The molecule has 1 heterocycles. The number of carbonyl (C=O) groups excluding carboxylic acids is 1. The fourth-order valence-corrected chi connectivity index (χ4v) is 3.78. The monoisotopic (exact) mass is 306 g/mol. The minimum Gasteiger partial charge on any atom is -0.298 e. The van der Waals surface area contributed by atoms with Gasteiger partial charge in [0.25, 0.3) is 0 Å². The molecule has 0 amide bonds. The molecule has 3 nitrogen and oxygen atoms in total. The summed E-state index contributed by atoms with van der Waals surface area (Å²) in [5.41, 5.74) is 0.973. The molecular weight excluding hydrogens is 292 g/mol. The second-order valence-corrected chi connectivity index (χ2v) is 6.48. The van der Waals surface area contributed by atoms with Crippen LogP contribution in [0, 0.1) is 0 Å². The number of Topliss-reactive ketones (excluding diaryl/α,β-unsaturated/α-hetero) is 1. The smallest absolute Gasteiger partial charge is 0.173 e. The minimum absolute atomic E-state index is 0.0454. The summed E-state index contributed by atoms with van der Waals surface area (Å²) in [6.07, 6.45) is 7.47. The van der Waals surface area contributed by atoms with E-state index in [1.807, 2.05) is 35.0 Å². The average Bonchev–Trinajstić information content (AvgIpc) is 2.90. The minimum atomic E-state index is 0.0454. The van der Waals surface area contributed by atoms with Gasteiger partial charge in [-0.15, -0.1) is 0 Å². The number of hydrogen-bond acceptors (Lipinski definition) is 3. The molecule has 3 rings (SSSR count).